The van der Waals surface area contributed by atoms with Gasteiger partial charge in [-0.25, -0.2) is 4.68 Å². The summed E-state index contributed by atoms with van der Waals surface area (Å²) in [5.74, 6) is 0.411. The Morgan fingerprint density at radius 2 is 1.94 bits per heavy atom. The van der Waals surface area contributed by atoms with E-state index in [0.29, 0.717) is 10.9 Å². The normalized spacial score (nSPS) is 13.0. The number of benzene rings is 1. The third-order valence-corrected chi connectivity index (χ3v) is 3.25. The summed E-state index contributed by atoms with van der Waals surface area (Å²) in [6.45, 7) is 6.18. The lowest BCUT2D eigenvalue weighted by Crippen LogP contribution is -2.06. The Morgan fingerprint density at radius 3 is 2.44 bits per heavy atom. The molecule has 3 nitrogen and oxygen atoms in total. The van der Waals surface area contributed by atoms with E-state index in [2.05, 4.69) is 18.9 Å². The van der Waals surface area contributed by atoms with Crippen LogP contribution in [0.2, 0.25) is 5.02 Å². The molecule has 0 saturated carbocycles. The Bertz CT molecular complexity index is 544. The first-order valence-corrected chi connectivity index (χ1v) is 6.48. The van der Waals surface area contributed by atoms with E-state index in [0.717, 1.165) is 16.9 Å². The number of nitrogens with zero attached hydrogens (tertiary/aromatic N) is 2. The van der Waals surface area contributed by atoms with Crippen LogP contribution in [0, 0.1) is 0 Å². The zero-order valence-corrected chi connectivity index (χ0v) is 11.6. The van der Waals surface area contributed by atoms with Crippen LogP contribution in [-0.4, -0.2) is 9.78 Å². The standard InChI is InChI=1S/C14H18ClN3/c1-9(2)13-6-7-18(17-13)14-5-4-11(10(3)16)8-12(14)15/h4-10H,16H2,1-3H3/t10-/m0/s1. The predicted molar refractivity (Wildman–Crippen MR) is 75.3 cm³/mol. The average Bonchev–Trinajstić information content (AvgIpc) is 2.78. The number of hydrogen-bond donors (Lipinski definition) is 1. The monoisotopic (exact) mass is 263 g/mol. The molecule has 0 spiro atoms. The van der Waals surface area contributed by atoms with E-state index < -0.39 is 0 Å². The van der Waals surface area contributed by atoms with E-state index in [1.807, 2.05) is 42.1 Å². The van der Waals surface area contributed by atoms with Crippen LogP contribution in [0.4, 0.5) is 0 Å². The molecule has 2 rings (SSSR count). The van der Waals surface area contributed by atoms with Gasteiger partial charge in [-0.2, -0.15) is 5.10 Å². The molecular weight excluding hydrogens is 246 g/mol. The molecule has 1 aromatic heterocycles. The van der Waals surface area contributed by atoms with E-state index in [9.17, 15) is 0 Å². The van der Waals surface area contributed by atoms with E-state index in [4.69, 9.17) is 17.3 Å². The summed E-state index contributed by atoms with van der Waals surface area (Å²) in [6, 6.07) is 7.85. The molecule has 0 aliphatic heterocycles. The average molecular weight is 264 g/mol. The zero-order chi connectivity index (χ0) is 13.3. The maximum absolute atomic E-state index is 6.28. The number of nitrogens with two attached hydrogens (primary N) is 1. The molecule has 2 N–H and O–H groups in total. The second-order valence-electron chi connectivity index (χ2n) is 4.84. The van der Waals surface area contributed by atoms with Gasteiger partial charge in [-0.3, -0.25) is 0 Å². The Kier molecular flexibility index (Phi) is 3.73. The van der Waals surface area contributed by atoms with Crippen molar-refractivity contribution in [2.24, 2.45) is 5.73 Å². The second kappa shape index (κ2) is 5.12. The molecule has 0 fully saturated rings. The first-order chi connectivity index (χ1) is 8.49. The lowest BCUT2D eigenvalue weighted by Gasteiger charge is -2.09. The molecule has 1 heterocycles. The Balaban J connectivity index is 2.38. The van der Waals surface area contributed by atoms with Crippen LogP contribution in [0.1, 0.15) is 44.0 Å². The van der Waals surface area contributed by atoms with Gasteiger partial charge in [0, 0.05) is 12.2 Å². The molecule has 0 bridgehead atoms. The summed E-state index contributed by atoms with van der Waals surface area (Å²) in [5.41, 5.74) is 8.80. The molecule has 0 aliphatic carbocycles. The van der Waals surface area contributed by atoms with E-state index in [1.165, 1.54) is 0 Å². The van der Waals surface area contributed by atoms with Gasteiger partial charge in [0.05, 0.1) is 16.4 Å². The molecule has 0 saturated heterocycles. The first-order valence-electron chi connectivity index (χ1n) is 6.10. The minimum absolute atomic E-state index is 0.0135. The van der Waals surface area contributed by atoms with Crippen LogP contribution in [0.25, 0.3) is 5.69 Å². The minimum Gasteiger partial charge on any atom is -0.324 e. The van der Waals surface area contributed by atoms with Crippen molar-refractivity contribution in [2.45, 2.75) is 32.7 Å². The van der Waals surface area contributed by atoms with Gasteiger partial charge in [0.15, 0.2) is 0 Å². The molecule has 0 radical (unpaired) electrons. The first kappa shape index (κ1) is 13.1. The lowest BCUT2D eigenvalue weighted by molar-refractivity contribution is 0.766. The predicted octanol–water partition coefficient (Wildman–Crippen LogP) is 3.67. The van der Waals surface area contributed by atoms with Crippen molar-refractivity contribution in [3.05, 3.63) is 46.7 Å². The smallest absolute Gasteiger partial charge is 0.0832 e. The van der Waals surface area contributed by atoms with Crippen LogP contribution in [0.5, 0.6) is 0 Å². The van der Waals surface area contributed by atoms with Crippen LogP contribution in [-0.2, 0) is 0 Å². The van der Waals surface area contributed by atoms with Gasteiger partial charge in [0.25, 0.3) is 0 Å². The highest BCUT2D eigenvalue weighted by molar-refractivity contribution is 6.32. The second-order valence-corrected chi connectivity index (χ2v) is 5.25. The van der Waals surface area contributed by atoms with E-state index in [1.54, 1.807) is 0 Å². The Hall–Kier alpha value is -1.32. The van der Waals surface area contributed by atoms with E-state index >= 15 is 0 Å². The van der Waals surface area contributed by atoms with Gasteiger partial charge in [-0.1, -0.05) is 31.5 Å². The van der Waals surface area contributed by atoms with Crippen molar-refractivity contribution < 1.29 is 0 Å². The molecule has 0 unspecified atom stereocenters. The quantitative estimate of drug-likeness (QED) is 0.918. The van der Waals surface area contributed by atoms with Crippen LogP contribution < -0.4 is 5.73 Å². The highest BCUT2D eigenvalue weighted by Gasteiger charge is 2.09. The molecule has 0 amide bonds. The van der Waals surface area contributed by atoms with Crippen LogP contribution in [0.15, 0.2) is 30.5 Å². The summed E-state index contributed by atoms with van der Waals surface area (Å²) in [5, 5.41) is 5.19. The fourth-order valence-electron chi connectivity index (χ4n) is 1.77. The fourth-order valence-corrected chi connectivity index (χ4v) is 2.05. The molecule has 18 heavy (non-hydrogen) atoms. The van der Waals surface area contributed by atoms with Crippen LogP contribution in [0.3, 0.4) is 0 Å². The maximum Gasteiger partial charge on any atom is 0.0832 e. The van der Waals surface area contributed by atoms with Crippen molar-refractivity contribution >= 4 is 11.6 Å². The van der Waals surface area contributed by atoms with Gasteiger partial charge < -0.3 is 5.73 Å². The van der Waals surface area contributed by atoms with Gasteiger partial charge in [-0.15, -0.1) is 0 Å². The maximum atomic E-state index is 6.28. The number of rotatable bonds is 3. The molecular formula is C14H18ClN3. The molecule has 96 valence electrons. The van der Waals surface area contributed by atoms with Gasteiger partial charge >= 0.3 is 0 Å². The SMILES string of the molecule is CC(C)c1ccn(-c2ccc([C@H](C)N)cc2Cl)n1. The molecule has 2 aromatic rings. The zero-order valence-electron chi connectivity index (χ0n) is 10.9. The lowest BCUT2D eigenvalue weighted by atomic mass is 10.1. The summed E-state index contributed by atoms with van der Waals surface area (Å²) in [4.78, 5) is 0. The van der Waals surface area contributed by atoms with Gasteiger partial charge in [-0.05, 0) is 36.6 Å². The number of aromatic nitrogens is 2. The van der Waals surface area contributed by atoms with Crippen molar-refractivity contribution in [1.82, 2.24) is 9.78 Å². The Labute approximate surface area is 113 Å². The van der Waals surface area contributed by atoms with Crippen molar-refractivity contribution in [3.8, 4) is 5.69 Å². The summed E-state index contributed by atoms with van der Waals surface area (Å²) in [6.07, 6.45) is 1.93. The molecule has 0 aliphatic rings. The van der Waals surface area contributed by atoms with Gasteiger partial charge in [0.1, 0.15) is 0 Å². The van der Waals surface area contributed by atoms with Crippen molar-refractivity contribution in [1.29, 1.82) is 0 Å². The molecule has 1 aromatic carbocycles. The summed E-state index contributed by atoms with van der Waals surface area (Å²) >= 11 is 6.28. The van der Waals surface area contributed by atoms with Crippen molar-refractivity contribution in [2.75, 3.05) is 0 Å². The highest BCUT2D eigenvalue weighted by atomic mass is 35.5. The number of halogens is 1. The van der Waals surface area contributed by atoms with Crippen LogP contribution >= 0.6 is 11.6 Å². The third-order valence-electron chi connectivity index (χ3n) is 2.95. The Morgan fingerprint density at radius 1 is 1.22 bits per heavy atom. The summed E-state index contributed by atoms with van der Waals surface area (Å²) < 4.78 is 1.81. The summed E-state index contributed by atoms with van der Waals surface area (Å²) in [7, 11) is 0. The topological polar surface area (TPSA) is 43.8 Å². The third kappa shape index (κ3) is 2.57. The van der Waals surface area contributed by atoms with E-state index in [-0.39, 0.29) is 6.04 Å². The fraction of sp³-hybridized carbons (Fsp3) is 0.357. The molecule has 1 atom stereocenters. The highest BCUT2D eigenvalue weighted by Crippen LogP contribution is 2.24. The largest absolute Gasteiger partial charge is 0.324 e. The minimum atomic E-state index is -0.0135. The van der Waals surface area contributed by atoms with Crippen molar-refractivity contribution in [3.63, 3.8) is 0 Å². The molecule has 4 heteroatoms. The number of hydrogen-bond acceptors (Lipinski definition) is 2. The van der Waals surface area contributed by atoms with Gasteiger partial charge in [0.2, 0.25) is 0 Å².